The molecule has 8 nitrogen and oxygen atoms in total. The summed E-state index contributed by atoms with van der Waals surface area (Å²) in [5, 5.41) is 2.99. The molecule has 1 saturated heterocycles. The van der Waals surface area contributed by atoms with Gasteiger partial charge in [-0.15, -0.1) is 0 Å². The van der Waals surface area contributed by atoms with E-state index in [4.69, 9.17) is 4.98 Å². The van der Waals surface area contributed by atoms with E-state index in [0.29, 0.717) is 23.5 Å². The van der Waals surface area contributed by atoms with Crippen LogP contribution >= 0.6 is 0 Å². The molecule has 1 saturated carbocycles. The third-order valence-corrected chi connectivity index (χ3v) is 8.33. The summed E-state index contributed by atoms with van der Waals surface area (Å²) in [7, 11) is 2.14. The highest BCUT2D eigenvalue weighted by molar-refractivity contribution is 6.03. The van der Waals surface area contributed by atoms with Crippen molar-refractivity contribution in [3.05, 3.63) is 72.6 Å². The summed E-state index contributed by atoms with van der Waals surface area (Å²) in [5.41, 5.74) is 4.61. The molecular weight excluding hydrogens is 505 g/mol. The highest BCUT2D eigenvalue weighted by atomic mass is 19.1. The van der Waals surface area contributed by atoms with Crippen LogP contribution in [0.3, 0.4) is 0 Å². The molecule has 0 spiro atoms. The molecule has 1 aliphatic carbocycles. The number of piperazine rings is 1. The van der Waals surface area contributed by atoms with Crippen LogP contribution in [-0.4, -0.2) is 63.6 Å². The van der Waals surface area contributed by atoms with Gasteiger partial charge in [0.15, 0.2) is 5.82 Å². The molecule has 0 atom stereocenters. The maximum absolute atomic E-state index is 13.7. The van der Waals surface area contributed by atoms with Crippen LogP contribution in [0.1, 0.15) is 49.1 Å². The number of carbonyl (C=O) groups excluding carboxylic acids is 1. The van der Waals surface area contributed by atoms with Gasteiger partial charge in [-0.1, -0.05) is 6.92 Å². The van der Waals surface area contributed by atoms with Crippen LogP contribution in [0.2, 0.25) is 0 Å². The van der Waals surface area contributed by atoms with Crippen LogP contribution in [-0.2, 0) is 0 Å². The Kier molecular flexibility index (Phi) is 7.38. The number of carbonyl (C=O) groups is 1. The van der Waals surface area contributed by atoms with Crippen molar-refractivity contribution < 1.29 is 9.18 Å². The second-order valence-corrected chi connectivity index (χ2v) is 11.2. The molecule has 2 N–H and O–H groups in total. The zero-order valence-electron chi connectivity index (χ0n) is 23.1. The van der Waals surface area contributed by atoms with E-state index in [1.807, 2.05) is 18.5 Å². The van der Waals surface area contributed by atoms with E-state index in [0.717, 1.165) is 80.2 Å². The second-order valence-electron chi connectivity index (χ2n) is 11.2. The van der Waals surface area contributed by atoms with Gasteiger partial charge in [0.2, 0.25) is 0 Å². The zero-order valence-corrected chi connectivity index (χ0v) is 23.1. The van der Waals surface area contributed by atoms with Crippen molar-refractivity contribution in [1.82, 2.24) is 24.4 Å². The minimum absolute atomic E-state index is 0.257. The normalized spacial score (nSPS) is 20.0. The van der Waals surface area contributed by atoms with Gasteiger partial charge in [-0.05, 0) is 87.2 Å². The summed E-state index contributed by atoms with van der Waals surface area (Å²) in [6.45, 7) is 6.38. The van der Waals surface area contributed by atoms with Crippen molar-refractivity contribution in [3.8, 4) is 22.8 Å². The number of H-pyrrole nitrogens is 1. The van der Waals surface area contributed by atoms with Crippen LogP contribution in [0.15, 0.2) is 61.1 Å². The molecule has 4 aromatic rings. The van der Waals surface area contributed by atoms with Gasteiger partial charge in [-0.2, -0.15) is 0 Å². The van der Waals surface area contributed by atoms with Crippen LogP contribution < -0.4 is 10.2 Å². The average molecular weight is 542 g/mol. The van der Waals surface area contributed by atoms with Crippen molar-refractivity contribution in [2.75, 3.05) is 43.4 Å². The number of hydrogen-bond acceptors (Lipinski definition) is 5. The number of hydrogen-bond donors (Lipinski definition) is 2. The molecule has 2 aromatic carbocycles. The predicted molar refractivity (Wildman–Crippen MR) is 156 cm³/mol. The summed E-state index contributed by atoms with van der Waals surface area (Å²) in [6, 6.07) is 14.6. The molecule has 40 heavy (non-hydrogen) atoms. The third-order valence-electron chi connectivity index (χ3n) is 8.33. The van der Waals surface area contributed by atoms with Crippen LogP contribution in [0.25, 0.3) is 22.8 Å². The van der Waals surface area contributed by atoms with Crippen LogP contribution in [0.5, 0.6) is 0 Å². The van der Waals surface area contributed by atoms with Crippen molar-refractivity contribution in [3.63, 3.8) is 0 Å². The van der Waals surface area contributed by atoms with Crippen LogP contribution in [0.4, 0.5) is 15.8 Å². The van der Waals surface area contributed by atoms with Gasteiger partial charge in [0.05, 0.1) is 18.2 Å². The number of rotatable bonds is 6. The van der Waals surface area contributed by atoms with E-state index in [9.17, 15) is 9.18 Å². The number of likely N-dealkylation sites (N-methyl/N-ethyl adjacent to an activating group) is 1. The summed E-state index contributed by atoms with van der Waals surface area (Å²) >= 11 is 0. The lowest BCUT2D eigenvalue weighted by atomic mass is 9.87. The highest BCUT2D eigenvalue weighted by Gasteiger charge is 2.26. The molecule has 6 rings (SSSR count). The van der Waals surface area contributed by atoms with Crippen molar-refractivity contribution in [2.24, 2.45) is 5.92 Å². The van der Waals surface area contributed by atoms with E-state index in [1.165, 1.54) is 12.1 Å². The summed E-state index contributed by atoms with van der Waals surface area (Å²) in [6.07, 6.45) is 7.87. The lowest BCUT2D eigenvalue weighted by molar-refractivity contribution is 0.102. The number of nitrogens with zero attached hydrogens (tertiary/aromatic N) is 5. The first-order chi connectivity index (χ1) is 19.4. The standard InChI is InChI=1S/C31H36FN7O/c1-21-3-11-26(12-4-21)39-20-34-28(22-5-7-23(32)8-6-22)29(39)30-33-19-27(36-30)31(40)35-24-9-13-25(14-10-24)38-17-15-37(2)16-18-38/h5-10,13-14,19-21,26H,3-4,11-12,15-18H2,1-2H3,(H,33,36)(H,35,40). The van der Waals surface area contributed by atoms with E-state index in [-0.39, 0.29) is 11.7 Å². The first kappa shape index (κ1) is 26.3. The van der Waals surface area contributed by atoms with Gasteiger partial charge >= 0.3 is 0 Å². The molecule has 2 fully saturated rings. The Hall–Kier alpha value is -3.98. The topological polar surface area (TPSA) is 82.1 Å². The number of anilines is 2. The molecule has 0 radical (unpaired) electrons. The summed E-state index contributed by atoms with van der Waals surface area (Å²) < 4.78 is 15.9. The first-order valence-electron chi connectivity index (χ1n) is 14.2. The van der Waals surface area contributed by atoms with E-state index < -0.39 is 0 Å². The maximum Gasteiger partial charge on any atom is 0.273 e. The minimum atomic E-state index is -0.292. The van der Waals surface area contributed by atoms with Crippen molar-refractivity contribution in [1.29, 1.82) is 0 Å². The molecule has 0 unspecified atom stereocenters. The average Bonchev–Trinajstić information content (AvgIpc) is 3.63. The van der Waals surface area contributed by atoms with Crippen molar-refractivity contribution in [2.45, 2.75) is 38.6 Å². The van der Waals surface area contributed by atoms with E-state index in [2.05, 4.69) is 55.8 Å². The number of amides is 1. The van der Waals surface area contributed by atoms with E-state index in [1.54, 1.807) is 18.3 Å². The molecule has 2 aliphatic rings. The molecule has 208 valence electrons. The fourth-order valence-electron chi connectivity index (χ4n) is 5.79. The number of aromatic nitrogens is 4. The molecule has 9 heteroatoms. The maximum atomic E-state index is 13.7. The Balaban J connectivity index is 1.23. The SMILES string of the molecule is CC1CCC(n2cnc(-c3ccc(F)cc3)c2-c2ncc(C(=O)Nc3ccc(N4CCN(C)CC4)cc3)[nH]2)CC1. The predicted octanol–water partition coefficient (Wildman–Crippen LogP) is 5.83. The number of imidazole rings is 2. The molecule has 1 amide bonds. The number of nitrogens with one attached hydrogen (secondary N) is 2. The van der Waals surface area contributed by atoms with Crippen molar-refractivity contribution >= 4 is 17.3 Å². The molecule has 1 aliphatic heterocycles. The lowest BCUT2D eigenvalue weighted by Gasteiger charge is -2.34. The Morgan fingerprint density at radius 1 is 0.950 bits per heavy atom. The lowest BCUT2D eigenvalue weighted by Crippen LogP contribution is -2.44. The monoisotopic (exact) mass is 541 g/mol. The molecule has 2 aromatic heterocycles. The minimum Gasteiger partial charge on any atom is -0.369 e. The van der Waals surface area contributed by atoms with Gasteiger partial charge in [0.1, 0.15) is 17.2 Å². The highest BCUT2D eigenvalue weighted by Crippen LogP contribution is 2.38. The fraction of sp³-hybridized carbons (Fsp3) is 0.387. The molecule has 3 heterocycles. The Morgan fingerprint density at radius 3 is 2.35 bits per heavy atom. The quantitative estimate of drug-likeness (QED) is 0.321. The zero-order chi connectivity index (χ0) is 27.6. The smallest absolute Gasteiger partial charge is 0.273 e. The fourth-order valence-corrected chi connectivity index (χ4v) is 5.79. The van der Waals surface area contributed by atoms with Gasteiger partial charge < -0.3 is 24.7 Å². The number of benzene rings is 2. The second kappa shape index (κ2) is 11.3. The van der Waals surface area contributed by atoms with Crippen LogP contribution in [0, 0.1) is 11.7 Å². The van der Waals surface area contributed by atoms with Gasteiger partial charge in [0, 0.05) is 49.2 Å². The number of halogens is 1. The Morgan fingerprint density at radius 2 is 1.65 bits per heavy atom. The van der Waals surface area contributed by atoms with Gasteiger partial charge in [-0.3, -0.25) is 4.79 Å². The Bertz CT molecular complexity index is 1440. The van der Waals surface area contributed by atoms with E-state index >= 15 is 0 Å². The largest absolute Gasteiger partial charge is 0.369 e. The number of aromatic amines is 1. The Labute approximate surface area is 234 Å². The summed E-state index contributed by atoms with van der Waals surface area (Å²) in [4.78, 5) is 30.5. The summed E-state index contributed by atoms with van der Waals surface area (Å²) in [5.74, 6) is 0.742. The third kappa shape index (κ3) is 5.51. The molecular formula is C31H36FN7O. The van der Waals surface area contributed by atoms with Gasteiger partial charge in [0.25, 0.3) is 5.91 Å². The first-order valence-corrected chi connectivity index (χ1v) is 14.2. The van der Waals surface area contributed by atoms with Gasteiger partial charge in [-0.25, -0.2) is 14.4 Å². The molecule has 0 bridgehead atoms.